The van der Waals surface area contributed by atoms with Crippen LogP contribution in [0, 0.1) is 0 Å². The van der Waals surface area contributed by atoms with Crippen LogP contribution in [-0.4, -0.2) is 22.5 Å². The van der Waals surface area contributed by atoms with E-state index in [2.05, 4.69) is 15.5 Å². The first kappa shape index (κ1) is 18.7. The van der Waals surface area contributed by atoms with Crippen molar-refractivity contribution in [3.63, 3.8) is 0 Å². The summed E-state index contributed by atoms with van der Waals surface area (Å²) < 4.78 is 0. The van der Waals surface area contributed by atoms with Crippen molar-refractivity contribution in [1.29, 1.82) is 0 Å². The zero-order chi connectivity index (χ0) is 18.4. The molecule has 1 atom stereocenters. The lowest BCUT2D eigenvalue weighted by Gasteiger charge is -2.08. The van der Waals surface area contributed by atoms with E-state index in [0.29, 0.717) is 21.6 Å². The minimum Gasteiger partial charge on any atom is -0.303 e. The Labute approximate surface area is 166 Å². The Morgan fingerprint density at radius 1 is 1.12 bits per heavy atom. The molecule has 0 spiro atoms. The molecule has 0 radical (unpaired) electrons. The van der Waals surface area contributed by atoms with Crippen molar-refractivity contribution >= 4 is 58.3 Å². The summed E-state index contributed by atoms with van der Waals surface area (Å²) in [5.41, 5.74) is 1.91. The number of allylic oxidation sites excluding steroid dienone is 1. The summed E-state index contributed by atoms with van der Waals surface area (Å²) in [6, 6.07) is 15.3. The number of carbonyl (C=O) groups is 1. The van der Waals surface area contributed by atoms with Crippen LogP contribution >= 0.6 is 35.0 Å². The second-order valence-electron chi connectivity index (χ2n) is 5.45. The lowest BCUT2D eigenvalue weighted by molar-refractivity contribution is -0.118. The molecule has 7 heteroatoms. The number of carbonyl (C=O) groups excluding carboxylic acids is 1. The van der Waals surface area contributed by atoms with Crippen LogP contribution in [0.1, 0.15) is 11.1 Å². The minimum atomic E-state index is -0.306. The number of nitrogens with zero attached hydrogens (tertiary/aromatic N) is 2. The van der Waals surface area contributed by atoms with E-state index in [9.17, 15) is 4.79 Å². The van der Waals surface area contributed by atoms with Gasteiger partial charge in [-0.1, -0.05) is 83.5 Å². The molecule has 1 aliphatic heterocycles. The first-order valence-corrected chi connectivity index (χ1v) is 9.50. The van der Waals surface area contributed by atoms with E-state index in [0.717, 1.165) is 11.1 Å². The molecule has 1 heterocycles. The molecular formula is C19H15Cl2N3OS. The summed E-state index contributed by atoms with van der Waals surface area (Å²) in [5, 5.41) is 11.9. The number of benzene rings is 2. The monoisotopic (exact) mass is 403 g/mol. The highest BCUT2D eigenvalue weighted by molar-refractivity contribution is 8.15. The van der Waals surface area contributed by atoms with Gasteiger partial charge in [0.2, 0.25) is 5.91 Å². The van der Waals surface area contributed by atoms with Gasteiger partial charge in [-0.05, 0) is 29.7 Å². The molecule has 1 unspecified atom stereocenters. The topological polar surface area (TPSA) is 53.8 Å². The Balaban J connectivity index is 1.58. The largest absolute Gasteiger partial charge is 0.303 e. The molecule has 1 saturated heterocycles. The molecule has 1 aliphatic rings. The second-order valence-corrected chi connectivity index (χ2v) is 7.43. The molecule has 2 aromatic carbocycles. The first-order valence-electron chi connectivity index (χ1n) is 7.86. The molecule has 26 heavy (non-hydrogen) atoms. The molecule has 132 valence electrons. The smallest absolute Gasteiger partial charge is 0.239 e. The number of halogens is 2. The zero-order valence-corrected chi connectivity index (χ0v) is 15.9. The summed E-state index contributed by atoms with van der Waals surface area (Å²) in [5.74, 6) is -0.111. The Kier molecular flexibility index (Phi) is 6.50. The van der Waals surface area contributed by atoms with Crippen molar-refractivity contribution in [3.05, 3.63) is 75.8 Å². The van der Waals surface area contributed by atoms with Gasteiger partial charge >= 0.3 is 0 Å². The number of amides is 1. The average molecular weight is 404 g/mol. The molecule has 0 saturated carbocycles. The van der Waals surface area contributed by atoms with Crippen molar-refractivity contribution in [2.24, 2.45) is 10.2 Å². The molecule has 3 rings (SSSR count). The molecule has 0 aromatic heterocycles. The quantitative estimate of drug-likeness (QED) is 0.574. The Morgan fingerprint density at radius 3 is 2.73 bits per heavy atom. The summed E-state index contributed by atoms with van der Waals surface area (Å²) in [7, 11) is 0. The van der Waals surface area contributed by atoms with Gasteiger partial charge in [0.05, 0.1) is 15.3 Å². The fourth-order valence-corrected chi connectivity index (χ4v) is 3.68. The molecular weight excluding hydrogens is 389 g/mol. The highest BCUT2D eigenvalue weighted by Gasteiger charge is 2.31. The molecule has 2 aromatic rings. The Morgan fingerprint density at radius 2 is 1.92 bits per heavy atom. The second kappa shape index (κ2) is 9.03. The molecule has 0 bridgehead atoms. The Bertz CT molecular complexity index is 882. The predicted molar refractivity (Wildman–Crippen MR) is 111 cm³/mol. The van der Waals surface area contributed by atoms with E-state index in [-0.39, 0.29) is 11.2 Å². The van der Waals surface area contributed by atoms with Gasteiger partial charge in [0, 0.05) is 6.21 Å². The normalized spacial score (nSPS) is 18.9. The fourth-order valence-electron chi connectivity index (χ4n) is 2.33. The van der Waals surface area contributed by atoms with Gasteiger partial charge in [-0.2, -0.15) is 5.10 Å². The summed E-state index contributed by atoms with van der Waals surface area (Å²) in [6.07, 6.45) is 5.78. The van der Waals surface area contributed by atoms with E-state index >= 15 is 0 Å². The average Bonchev–Trinajstić information content (AvgIpc) is 2.99. The third kappa shape index (κ3) is 4.97. The number of amidine groups is 1. The highest BCUT2D eigenvalue weighted by Crippen LogP contribution is 2.30. The third-order valence-corrected chi connectivity index (χ3v) is 5.53. The van der Waals surface area contributed by atoms with E-state index in [4.69, 9.17) is 23.2 Å². The standard InChI is InChI=1S/C19H15Cl2N3OS/c20-15-10-4-9-14(17(15)21)12-16-18(25)23-19(26-16)24-22-11-5-8-13-6-2-1-3-7-13/h1-11,16H,12H2,(H,23,24,25)/b8-5+,22-11+. The van der Waals surface area contributed by atoms with Gasteiger partial charge in [0.15, 0.2) is 5.17 Å². The predicted octanol–water partition coefficient (Wildman–Crippen LogP) is 4.82. The van der Waals surface area contributed by atoms with Gasteiger partial charge in [0.25, 0.3) is 0 Å². The maximum atomic E-state index is 12.1. The molecule has 1 amide bonds. The van der Waals surface area contributed by atoms with Crippen molar-refractivity contribution in [3.8, 4) is 0 Å². The van der Waals surface area contributed by atoms with Crippen molar-refractivity contribution in [2.45, 2.75) is 11.7 Å². The maximum absolute atomic E-state index is 12.1. The maximum Gasteiger partial charge on any atom is 0.239 e. The molecule has 1 N–H and O–H groups in total. The van der Waals surface area contributed by atoms with Crippen LogP contribution in [0.15, 0.2) is 64.8 Å². The first-order chi connectivity index (χ1) is 12.6. The number of hydrogen-bond acceptors (Lipinski definition) is 4. The van der Waals surface area contributed by atoms with Crippen molar-refractivity contribution in [1.82, 2.24) is 5.32 Å². The zero-order valence-electron chi connectivity index (χ0n) is 13.6. The van der Waals surface area contributed by atoms with Gasteiger partial charge < -0.3 is 5.32 Å². The van der Waals surface area contributed by atoms with Crippen LogP contribution in [0.25, 0.3) is 6.08 Å². The number of rotatable bonds is 5. The summed E-state index contributed by atoms with van der Waals surface area (Å²) in [6.45, 7) is 0. The molecule has 0 aliphatic carbocycles. The van der Waals surface area contributed by atoms with Gasteiger partial charge in [-0.15, -0.1) is 5.10 Å². The number of nitrogens with one attached hydrogen (secondary N) is 1. The third-order valence-electron chi connectivity index (χ3n) is 3.60. The Hall–Kier alpha value is -2.08. The molecule has 4 nitrogen and oxygen atoms in total. The van der Waals surface area contributed by atoms with Crippen molar-refractivity contribution < 1.29 is 4.79 Å². The SMILES string of the molecule is O=C1N/C(=N/N=C/C=C/c2ccccc2)SC1Cc1cccc(Cl)c1Cl. The van der Waals surface area contributed by atoms with E-state index in [1.54, 1.807) is 18.4 Å². The van der Waals surface area contributed by atoms with Gasteiger partial charge in [-0.25, -0.2) is 0 Å². The van der Waals surface area contributed by atoms with Crippen LogP contribution in [0.5, 0.6) is 0 Å². The van der Waals surface area contributed by atoms with Crippen LogP contribution in [0.4, 0.5) is 0 Å². The van der Waals surface area contributed by atoms with Crippen LogP contribution in [-0.2, 0) is 11.2 Å². The van der Waals surface area contributed by atoms with Crippen LogP contribution < -0.4 is 5.32 Å². The van der Waals surface area contributed by atoms with Crippen LogP contribution in [0.2, 0.25) is 10.0 Å². The molecule has 1 fully saturated rings. The number of hydrogen-bond donors (Lipinski definition) is 1. The lowest BCUT2D eigenvalue weighted by Crippen LogP contribution is -2.26. The fraction of sp³-hybridized carbons (Fsp3) is 0.105. The van der Waals surface area contributed by atoms with E-state index < -0.39 is 0 Å². The van der Waals surface area contributed by atoms with Gasteiger partial charge in [-0.3, -0.25) is 4.79 Å². The van der Waals surface area contributed by atoms with Crippen molar-refractivity contribution in [2.75, 3.05) is 0 Å². The highest BCUT2D eigenvalue weighted by atomic mass is 35.5. The van der Waals surface area contributed by atoms with Gasteiger partial charge in [0.1, 0.15) is 0 Å². The van der Waals surface area contributed by atoms with E-state index in [1.165, 1.54) is 11.8 Å². The van der Waals surface area contributed by atoms with E-state index in [1.807, 2.05) is 48.5 Å². The summed E-state index contributed by atoms with van der Waals surface area (Å²) >= 11 is 13.5. The lowest BCUT2D eigenvalue weighted by atomic mass is 10.1. The summed E-state index contributed by atoms with van der Waals surface area (Å²) in [4.78, 5) is 12.1. The van der Waals surface area contributed by atoms with Crippen LogP contribution in [0.3, 0.4) is 0 Å². The minimum absolute atomic E-state index is 0.111. The number of thioether (sulfide) groups is 1.